The van der Waals surface area contributed by atoms with E-state index in [1.807, 2.05) is 5.32 Å². The number of rotatable bonds is 4. The van der Waals surface area contributed by atoms with Crippen molar-refractivity contribution in [1.29, 1.82) is 0 Å². The SMILES string of the molecule is C[C@H](Nc1nc(N2CCCC(=O)N2)nc(Cl)c1-c1c(F)cc(F)cc1F)C(F)(F)F. The molecule has 1 aliphatic rings. The molecule has 3 rings (SSSR count). The second-order valence-corrected chi connectivity index (χ2v) is 6.84. The minimum atomic E-state index is -4.73. The van der Waals surface area contributed by atoms with E-state index in [2.05, 4.69) is 15.4 Å². The predicted octanol–water partition coefficient (Wildman–Crippen LogP) is 4.21. The molecule has 1 aliphatic heterocycles. The second kappa shape index (κ2) is 8.17. The van der Waals surface area contributed by atoms with E-state index in [9.17, 15) is 31.1 Å². The number of alkyl halides is 3. The fraction of sp³-hybridized carbons (Fsp3) is 0.353. The Morgan fingerprint density at radius 2 is 1.80 bits per heavy atom. The van der Waals surface area contributed by atoms with Crippen molar-refractivity contribution in [2.75, 3.05) is 16.9 Å². The Morgan fingerprint density at radius 3 is 2.37 bits per heavy atom. The van der Waals surface area contributed by atoms with Gasteiger partial charge in [-0.2, -0.15) is 23.1 Å². The van der Waals surface area contributed by atoms with Crippen molar-refractivity contribution in [3.05, 3.63) is 34.7 Å². The van der Waals surface area contributed by atoms with Crippen LogP contribution < -0.4 is 15.8 Å². The van der Waals surface area contributed by atoms with Gasteiger partial charge in [0, 0.05) is 25.1 Å². The van der Waals surface area contributed by atoms with Crippen LogP contribution in [0.15, 0.2) is 12.1 Å². The van der Waals surface area contributed by atoms with Gasteiger partial charge in [-0.05, 0) is 13.3 Å². The molecule has 6 nitrogen and oxygen atoms in total. The number of hydrogen-bond donors (Lipinski definition) is 2. The van der Waals surface area contributed by atoms with Crippen LogP contribution >= 0.6 is 11.6 Å². The molecule has 1 amide bonds. The number of anilines is 2. The molecule has 0 bridgehead atoms. The summed E-state index contributed by atoms with van der Waals surface area (Å²) < 4.78 is 81.2. The maximum atomic E-state index is 14.3. The molecular weight excluding hydrogens is 440 g/mol. The van der Waals surface area contributed by atoms with Crippen molar-refractivity contribution < 1.29 is 31.1 Å². The Kier molecular flexibility index (Phi) is 5.97. The molecule has 1 aromatic heterocycles. The van der Waals surface area contributed by atoms with Crippen LogP contribution in [0.25, 0.3) is 11.1 Å². The van der Waals surface area contributed by atoms with Crippen LogP contribution in [-0.4, -0.2) is 34.6 Å². The van der Waals surface area contributed by atoms with Crippen LogP contribution in [0.1, 0.15) is 19.8 Å². The van der Waals surface area contributed by atoms with Crippen molar-refractivity contribution in [1.82, 2.24) is 15.4 Å². The van der Waals surface area contributed by atoms with Gasteiger partial charge >= 0.3 is 6.18 Å². The summed E-state index contributed by atoms with van der Waals surface area (Å²) in [5.74, 6) is -5.33. The lowest BCUT2D eigenvalue weighted by Gasteiger charge is -2.28. The Morgan fingerprint density at radius 1 is 1.17 bits per heavy atom. The molecule has 1 fully saturated rings. The van der Waals surface area contributed by atoms with Crippen LogP contribution in [0.5, 0.6) is 0 Å². The first-order chi connectivity index (χ1) is 14.0. The highest BCUT2D eigenvalue weighted by atomic mass is 35.5. The monoisotopic (exact) mass is 453 g/mol. The molecule has 0 unspecified atom stereocenters. The quantitative estimate of drug-likeness (QED) is 0.536. The Balaban J connectivity index is 2.17. The lowest BCUT2D eigenvalue weighted by molar-refractivity contribution is -0.138. The fourth-order valence-electron chi connectivity index (χ4n) is 2.75. The molecular formula is C17H14ClF6N5O. The molecule has 1 aromatic carbocycles. The summed E-state index contributed by atoms with van der Waals surface area (Å²) >= 11 is 6.07. The highest BCUT2D eigenvalue weighted by Gasteiger charge is 2.37. The molecule has 2 heterocycles. The van der Waals surface area contributed by atoms with Crippen LogP contribution in [0.4, 0.5) is 38.1 Å². The number of aromatic nitrogens is 2. The number of hydrogen-bond acceptors (Lipinski definition) is 5. The summed E-state index contributed by atoms with van der Waals surface area (Å²) in [7, 11) is 0. The average Bonchev–Trinajstić information content (AvgIpc) is 2.62. The summed E-state index contributed by atoms with van der Waals surface area (Å²) in [5, 5.41) is 2.58. The number of benzene rings is 1. The summed E-state index contributed by atoms with van der Waals surface area (Å²) in [6.45, 7) is 0.995. The van der Waals surface area contributed by atoms with Crippen molar-refractivity contribution >= 4 is 29.3 Å². The van der Waals surface area contributed by atoms with E-state index in [1.54, 1.807) is 0 Å². The van der Waals surface area contributed by atoms with Gasteiger partial charge < -0.3 is 5.32 Å². The van der Waals surface area contributed by atoms with Crippen molar-refractivity contribution in [3.63, 3.8) is 0 Å². The van der Waals surface area contributed by atoms with E-state index in [-0.39, 0.29) is 24.8 Å². The van der Waals surface area contributed by atoms with E-state index in [0.717, 1.165) is 11.9 Å². The minimum absolute atomic E-state index is 0.227. The Labute approximate surface area is 171 Å². The van der Waals surface area contributed by atoms with Crippen molar-refractivity contribution in [2.45, 2.75) is 32.0 Å². The van der Waals surface area contributed by atoms with Crippen LogP contribution in [-0.2, 0) is 4.79 Å². The lowest BCUT2D eigenvalue weighted by atomic mass is 10.1. The van der Waals surface area contributed by atoms with Gasteiger partial charge in [-0.25, -0.2) is 13.2 Å². The zero-order valence-electron chi connectivity index (χ0n) is 15.2. The molecule has 162 valence electrons. The zero-order valence-corrected chi connectivity index (χ0v) is 16.0. The number of carbonyl (C=O) groups is 1. The van der Waals surface area contributed by atoms with E-state index in [1.165, 1.54) is 0 Å². The highest BCUT2D eigenvalue weighted by molar-refractivity contribution is 6.32. The zero-order chi connectivity index (χ0) is 22.2. The van der Waals surface area contributed by atoms with E-state index in [0.29, 0.717) is 18.6 Å². The van der Waals surface area contributed by atoms with Gasteiger partial charge in [-0.15, -0.1) is 0 Å². The number of amides is 1. The molecule has 0 saturated carbocycles. The van der Waals surface area contributed by atoms with E-state index < -0.39 is 51.8 Å². The van der Waals surface area contributed by atoms with Gasteiger partial charge in [0.1, 0.15) is 34.5 Å². The first kappa shape index (κ1) is 21.9. The van der Waals surface area contributed by atoms with Crippen molar-refractivity contribution in [2.24, 2.45) is 0 Å². The van der Waals surface area contributed by atoms with E-state index >= 15 is 0 Å². The number of nitrogens with one attached hydrogen (secondary N) is 2. The smallest absolute Gasteiger partial charge is 0.358 e. The number of nitrogens with zero attached hydrogens (tertiary/aromatic N) is 3. The van der Waals surface area contributed by atoms with E-state index in [4.69, 9.17) is 11.6 Å². The normalized spacial score (nSPS) is 15.7. The topological polar surface area (TPSA) is 70.2 Å². The summed E-state index contributed by atoms with van der Waals surface area (Å²) in [4.78, 5) is 19.4. The lowest BCUT2D eigenvalue weighted by Crippen LogP contribution is -2.48. The molecule has 0 aliphatic carbocycles. The molecule has 30 heavy (non-hydrogen) atoms. The third kappa shape index (κ3) is 4.53. The highest BCUT2D eigenvalue weighted by Crippen LogP contribution is 2.39. The molecule has 0 spiro atoms. The third-order valence-corrected chi connectivity index (χ3v) is 4.51. The van der Waals surface area contributed by atoms with Gasteiger partial charge in [0.15, 0.2) is 0 Å². The third-order valence-electron chi connectivity index (χ3n) is 4.24. The Hall–Kier alpha value is -2.76. The summed E-state index contributed by atoms with van der Waals surface area (Å²) in [5.41, 5.74) is 0.911. The van der Waals surface area contributed by atoms with Gasteiger partial charge in [-0.3, -0.25) is 15.2 Å². The van der Waals surface area contributed by atoms with Crippen LogP contribution in [0.3, 0.4) is 0 Å². The maximum Gasteiger partial charge on any atom is 0.408 e. The van der Waals surface area contributed by atoms with Gasteiger partial charge in [0.25, 0.3) is 0 Å². The van der Waals surface area contributed by atoms with Crippen molar-refractivity contribution in [3.8, 4) is 11.1 Å². The maximum absolute atomic E-state index is 14.3. The first-order valence-electron chi connectivity index (χ1n) is 8.60. The average molecular weight is 454 g/mol. The van der Waals surface area contributed by atoms with Crippen LogP contribution in [0, 0.1) is 17.5 Å². The largest absolute Gasteiger partial charge is 0.408 e. The first-order valence-corrected chi connectivity index (χ1v) is 8.98. The fourth-order valence-corrected chi connectivity index (χ4v) is 3.01. The molecule has 13 heteroatoms. The summed E-state index contributed by atoms with van der Waals surface area (Å²) in [6.07, 6.45) is -4.09. The van der Waals surface area contributed by atoms with Gasteiger partial charge in [0.2, 0.25) is 11.9 Å². The molecule has 1 saturated heterocycles. The number of halogens is 7. The number of carbonyl (C=O) groups excluding carboxylic acids is 1. The molecule has 0 radical (unpaired) electrons. The van der Waals surface area contributed by atoms with Crippen LogP contribution in [0.2, 0.25) is 5.15 Å². The molecule has 1 atom stereocenters. The minimum Gasteiger partial charge on any atom is -0.358 e. The second-order valence-electron chi connectivity index (χ2n) is 6.48. The summed E-state index contributed by atoms with van der Waals surface area (Å²) in [6, 6.07) is -1.48. The Bertz CT molecular complexity index is 963. The molecule has 2 N–H and O–H groups in total. The number of hydrazine groups is 1. The van der Waals surface area contributed by atoms with Gasteiger partial charge in [-0.1, -0.05) is 11.6 Å². The predicted molar refractivity (Wildman–Crippen MR) is 96.2 cm³/mol. The molecule has 2 aromatic rings. The standard InChI is InChI=1S/C17H14ClF6N5O/c1-7(17(22,23)24)25-15-13(12-9(20)5-8(19)6-10(12)21)14(18)26-16(27-15)29-4-2-3-11(30)28-29/h5-7H,2-4H2,1H3,(H,28,30)(H,25,26,27)/t7-/m0/s1. The van der Waals surface area contributed by atoms with Gasteiger partial charge in [0.05, 0.1) is 11.1 Å².